The molecule has 2 heterocycles. The fraction of sp³-hybridized carbons (Fsp3) is 0.650. The van der Waals surface area contributed by atoms with Gasteiger partial charge in [0.05, 0.1) is 0 Å². The van der Waals surface area contributed by atoms with Crippen LogP contribution in [-0.2, 0) is 11.3 Å². The maximum atomic E-state index is 12.2. The van der Waals surface area contributed by atoms with Crippen molar-refractivity contribution >= 4 is 6.09 Å². The first-order valence-corrected chi connectivity index (χ1v) is 9.39. The van der Waals surface area contributed by atoms with E-state index in [0.717, 1.165) is 52.2 Å². The predicted octanol–water partition coefficient (Wildman–Crippen LogP) is 2.81. The van der Waals surface area contributed by atoms with Crippen LogP contribution in [0, 0.1) is 0 Å². The van der Waals surface area contributed by atoms with Crippen molar-refractivity contribution in [3.05, 3.63) is 35.9 Å². The molecule has 2 fully saturated rings. The molecule has 0 spiro atoms. The smallest absolute Gasteiger partial charge is 0.410 e. The van der Waals surface area contributed by atoms with Crippen molar-refractivity contribution in [1.82, 2.24) is 14.7 Å². The van der Waals surface area contributed by atoms with Crippen molar-refractivity contribution in [3.8, 4) is 0 Å². The molecule has 2 saturated heterocycles. The van der Waals surface area contributed by atoms with Gasteiger partial charge in [-0.2, -0.15) is 0 Å². The third kappa shape index (κ3) is 5.19. The fourth-order valence-electron chi connectivity index (χ4n) is 3.66. The summed E-state index contributed by atoms with van der Waals surface area (Å²) in [6.07, 6.45) is 0.885. The Labute approximate surface area is 151 Å². The Morgan fingerprint density at radius 2 is 1.76 bits per heavy atom. The van der Waals surface area contributed by atoms with E-state index in [1.807, 2.05) is 25.7 Å². The normalized spacial score (nSPS) is 23.0. The molecule has 1 amide bonds. The molecule has 138 valence electrons. The number of piperazine rings is 1. The number of rotatable bonds is 3. The molecule has 0 aliphatic carbocycles. The molecule has 25 heavy (non-hydrogen) atoms. The maximum absolute atomic E-state index is 12.2. The number of ether oxygens (including phenoxy) is 1. The molecule has 0 saturated carbocycles. The fourth-order valence-corrected chi connectivity index (χ4v) is 3.66. The standard InChI is InChI=1S/C20H31N3O2/c1-20(2,3)25-19(24)23-10-9-18(16-23)22-13-11-21(12-14-22)15-17-7-5-4-6-8-17/h4-8,18H,9-16H2,1-3H3. The quantitative estimate of drug-likeness (QED) is 0.844. The van der Waals surface area contributed by atoms with Crippen LogP contribution in [0.15, 0.2) is 30.3 Å². The van der Waals surface area contributed by atoms with Crippen molar-refractivity contribution in [2.45, 2.75) is 45.4 Å². The number of hydrogen-bond acceptors (Lipinski definition) is 4. The highest BCUT2D eigenvalue weighted by Gasteiger charge is 2.33. The lowest BCUT2D eigenvalue weighted by atomic mass is 10.1. The summed E-state index contributed by atoms with van der Waals surface area (Å²) in [6.45, 7) is 12.8. The van der Waals surface area contributed by atoms with Gasteiger partial charge in [0, 0.05) is 51.9 Å². The van der Waals surface area contributed by atoms with Gasteiger partial charge in [0.15, 0.2) is 0 Å². The van der Waals surface area contributed by atoms with Crippen molar-refractivity contribution < 1.29 is 9.53 Å². The van der Waals surface area contributed by atoms with Crippen LogP contribution < -0.4 is 0 Å². The Morgan fingerprint density at radius 1 is 1.08 bits per heavy atom. The van der Waals surface area contributed by atoms with Crippen molar-refractivity contribution in [3.63, 3.8) is 0 Å². The zero-order valence-corrected chi connectivity index (χ0v) is 15.8. The predicted molar refractivity (Wildman–Crippen MR) is 99.5 cm³/mol. The summed E-state index contributed by atoms with van der Waals surface area (Å²) in [5.74, 6) is 0. The number of amides is 1. The van der Waals surface area contributed by atoms with E-state index >= 15 is 0 Å². The van der Waals surface area contributed by atoms with Crippen LogP contribution in [0.2, 0.25) is 0 Å². The summed E-state index contributed by atoms with van der Waals surface area (Å²) in [5.41, 5.74) is 0.964. The number of carbonyl (C=O) groups is 1. The van der Waals surface area contributed by atoms with E-state index in [2.05, 4.69) is 40.1 Å². The lowest BCUT2D eigenvalue weighted by molar-refractivity contribution is 0.0268. The molecule has 0 radical (unpaired) electrons. The molecule has 5 heteroatoms. The summed E-state index contributed by atoms with van der Waals surface area (Å²) in [6, 6.07) is 11.2. The summed E-state index contributed by atoms with van der Waals surface area (Å²) in [7, 11) is 0. The Morgan fingerprint density at radius 3 is 2.40 bits per heavy atom. The van der Waals surface area contributed by atoms with Gasteiger partial charge in [-0.15, -0.1) is 0 Å². The van der Waals surface area contributed by atoms with Gasteiger partial charge >= 0.3 is 6.09 Å². The average Bonchev–Trinajstić information content (AvgIpc) is 3.05. The second-order valence-electron chi connectivity index (χ2n) is 8.17. The molecule has 1 aromatic carbocycles. The van der Waals surface area contributed by atoms with Crippen LogP contribution in [0.1, 0.15) is 32.8 Å². The van der Waals surface area contributed by atoms with E-state index < -0.39 is 5.60 Å². The van der Waals surface area contributed by atoms with Gasteiger partial charge < -0.3 is 9.64 Å². The average molecular weight is 345 g/mol. The molecular formula is C20H31N3O2. The zero-order valence-electron chi connectivity index (χ0n) is 15.8. The van der Waals surface area contributed by atoms with Gasteiger partial charge in [-0.25, -0.2) is 4.79 Å². The molecule has 1 aromatic rings. The van der Waals surface area contributed by atoms with Crippen LogP contribution in [0.3, 0.4) is 0 Å². The van der Waals surface area contributed by atoms with Gasteiger partial charge in [0.1, 0.15) is 5.60 Å². The molecule has 0 aromatic heterocycles. The highest BCUT2D eigenvalue weighted by atomic mass is 16.6. The van der Waals surface area contributed by atoms with E-state index in [0.29, 0.717) is 6.04 Å². The number of benzene rings is 1. The van der Waals surface area contributed by atoms with Gasteiger partial charge in [0.2, 0.25) is 0 Å². The molecule has 0 N–H and O–H groups in total. The molecule has 3 rings (SSSR count). The summed E-state index contributed by atoms with van der Waals surface area (Å²) < 4.78 is 5.50. The molecular weight excluding hydrogens is 314 g/mol. The van der Waals surface area contributed by atoms with Gasteiger partial charge in [-0.3, -0.25) is 9.80 Å². The molecule has 5 nitrogen and oxygen atoms in total. The monoisotopic (exact) mass is 345 g/mol. The minimum atomic E-state index is -0.418. The summed E-state index contributed by atoms with van der Waals surface area (Å²) in [5, 5.41) is 0. The molecule has 1 unspecified atom stereocenters. The van der Waals surface area contributed by atoms with E-state index in [-0.39, 0.29) is 6.09 Å². The Bertz CT molecular complexity index is 562. The number of hydrogen-bond donors (Lipinski definition) is 0. The third-order valence-electron chi connectivity index (χ3n) is 4.99. The van der Waals surface area contributed by atoms with Crippen molar-refractivity contribution in [2.24, 2.45) is 0 Å². The second-order valence-corrected chi connectivity index (χ2v) is 8.17. The Hall–Kier alpha value is -1.59. The van der Waals surface area contributed by atoms with Crippen LogP contribution >= 0.6 is 0 Å². The highest BCUT2D eigenvalue weighted by Crippen LogP contribution is 2.20. The van der Waals surface area contributed by atoms with Gasteiger partial charge in [-0.05, 0) is 32.8 Å². The summed E-state index contributed by atoms with van der Waals surface area (Å²) >= 11 is 0. The highest BCUT2D eigenvalue weighted by molar-refractivity contribution is 5.68. The SMILES string of the molecule is CC(C)(C)OC(=O)N1CCC(N2CCN(Cc3ccccc3)CC2)C1. The summed E-state index contributed by atoms with van der Waals surface area (Å²) in [4.78, 5) is 19.2. The lowest BCUT2D eigenvalue weighted by Crippen LogP contribution is -2.51. The van der Waals surface area contributed by atoms with E-state index in [9.17, 15) is 4.79 Å². The van der Waals surface area contributed by atoms with Crippen LogP contribution in [0.4, 0.5) is 4.79 Å². The van der Waals surface area contributed by atoms with Crippen LogP contribution in [-0.4, -0.2) is 71.7 Å². The van der Waals surface area contributed by atoms with E-state index in [1.165, 1.54) is 5.56 Å². The molecule has 0 bridgehead atoms. The minimum absolute atomic E-state index is 0.169. The first-order valence-electron chi connectivity index (χ1n) is 9.39. The second kappa shape index (κ2) is 7.75. The topological polar surface area (TPSA) is 36.0 Å². The Balaban J connectivity index is 1.44. The van der Waals surface area contributed by atoms with Crippen LogP contribution in [0.5, 0.6) is 0 Å². The minimum Gasteiger partial charge on any atom is -0.444 e. The third-order valence-corrected chi connectivity index (χ3v) is 4.99. The number of likely N-dealkylation sites (tertiary alicyclic amines) is 1. The van der Waals surface area contributed by atoms with Crippen molar-refractivity contribution in [2.75, 3.05) is 39.3 Å². The van der Waals surface area contributed by atoms with Gasteiger partial charge in [-0.1, -0.05) is 30.3 Å². The molecule has 2 aliphatic heterocycles. The van der Waals surface area contributed by atoms with E-state index in [4.69, 9.17) is 4.74 Å². The molecule has 1 atom stereocenters. The number of carbonyl (C=O) groups excluding carboxylic acids is 1. The van der Waals surface area contributed by atoms with Crippen molar-refractivity contribution in [1.29, 1.82) is 0 Å². The first-order chi connectivity index (χ1) is 11.9. The Kier molecular flexibility index (Phi) is 5.64. The van der Waals surface area contributed by atoms with E-state index in [1.54, 1.807) is 0 Å². The largest absolute Gasteiger partial charge is 0.444 e. The lowest BCUT2D eigenvalue weighted by Gasteiger charge is -2.38. The van der Waals surface area contributed by atoms with Crippen LogP contribution in [0.25, 0.3) is 0 Å². The first kappa shape index (κ1) is 18.2. The van der Waals surface area contributed by atoms with Gasteiger partial charge in [0.25, 0.3) is 0 Å². The zero-order chi connectivity index (χ0) is 17.9. The maximum Gasteiger partial charge on any atom is 0.410 e. The number of nitrogens with zero attached hydrogens (tertiary/aromatic N) is 3. The molecule has 2 aliphatic rings.